The van der Waals surface area contributed by atoms with Crippen molar-refractivity contribution in [3.8, 4) is 11.3 Å². The lowest BCUT2D eigenvalue weighted by molar-refractivity contribution is -0.186. The van der Waals surface area contributed by atoms with Gasteiger partial charge in [0.05, 0.1) is 12.2 Å². The summed E-state index contributed by atoms with van der Waals surface area (Å²) in [5, 5.41) is 4.42. The number of nitrogens with zero attached hydrogens (tertiary/aromatic N) is 2. The molecule has 1 amide bonds. The zero-order valence-electron chi connectivity index (χ0n) is 11.2. The minimum atomic E-state index is -4.88. The van der Waals surface area contributed by atoms with Crippen LogP contribution in [-0.4, -0.2) is 28.7 Å². The summed E-state index contributed by atoms with van der Waals surface area (Å²) >= 11 is 5.81. The molecule has 0 aliphatic carbocycles. The van der Waals surface area contributed by atoms with Gasteiger partial charge in [-0.3, -0.25) is 4.79 Å². The number of alkyl halides is 3. The van der Waals surface area contributed by atoms with Crippen LogP contribution in [0.4, 0.5) is 13.2 Å². The number of carbonyl (C=O) groups excluding carboxylic acids is 1. The van der Waals surface area contributed by atoms with E-state index in [0.29, 0.717) is 27.6 Å². The topological polar surface area (TPSA) is 46.3 Å². The zero-order valence-corrected chi connectivity index (χ0v) is 11.9. The molecule has 4 nitrogen and oxygen atoms in total. The Balaban J connectivity index is 1.92. The van der Waals surface area contributed by atoms with Gasteiger partial charge >= 0.3 is 12.1 Å². The van der Waals surface area contributed by atoms with Gasteiger partial charge in [-0.1, -0.05) is 16.8 Å². The molecule has 0 saturated carbocycles. The standard InChI is InChI=1S/C14H10ClF3N2O2/c15-9-3-1-8(2-4-9)12-10-7-20(13(21)14(16,17)18)6-5-11(10)19-22-12/h1-4H,5-7H2. The average Bonchev–Trinajstić information content (AvgIpc) is 2.89. The van der Waals surface area contributed by atoms with Gasteiger partial charge in [-0.05, 0) is 24.3 Å². The fourth-order valence-corrected chi connectivity index (χ4v) is 2.52. The van der Waals surface area contributed by atoms with Gasteiger partial charge in [0.1, 0.15) is 0 Å². The first-order valence-corrected chi connectivity index (χ1v) is 6.83. The van der Waals surface area contributed by atoms with E-state index in [0.717, 1.165) is 4.90 Å². The molecule has 0 saturated heterocycles. The molecule has 1 aromatic heterocycles. The molecule has 22 heavy (non-hydrogen) atoms. The number of amides is 1. The monoisotopic (exact) mass is 330 g/mol. The molecule has 116 valence electrons. The van der Waals surface area contributed by atoms with Crippen LogP contribution in [0, 0.1) is 0 Å². The Morgan fingerprint density at radius 2 is 1.95 bits per heavy atom. The van der Waals surface area contributed by atoms with Gasteiger partial charge in [0.25, 0.3) is 0 Å². The third-order valence-electron chi connectivity index (χ3n) is 3.47. The van der Waals surface area contributed by atoms with E-state index in [4.69, 9.17) is 16.1 Å². The highest BCUT2D eigenvalue weighted by Crippen LogP contribution is 2.32. The smallest absolute Gasteiger partial charge is 0.356 e. The number of rotatable bonds is 1. The maximum atomic E-state index is 12.6. The van der Waals surface area contributed by atoms with Crippen molar-refractivity contribution < 1.29 is 22.5 Å². The normalized spacial score (nSPS) is 14.8. The van der Waals surface area contributed by atoms with Gasteiger partial charge in [-0.2, -0.15) is 13.2 Å². The summed E-state index contributed by atoms with van der Waals surface area (Å²) in [7, 11) is 0. The second-order valence-electron chi connectivity index (χ2n) is 4.92. The van der Waals surface area contributed by atoms with Crippen molar-refractivity contribution in [1.82, 2.24) is 10.1 Å². The summed E-state index contributed by atoms with van der Waals surface area (Å²) in [5.41, 5.74) is 1.74. The molecule has 0 atom stereocenters. The van der Waals surface area contributed by atoms with Crippen molar-refractivity contribution in [3.05, 3.63) is 40.5 Å². The van der Waals surface area contributed by atoms with Crippen molar-refractivity contribution in [2.75, 3.05) is 6.54 Å². The van der Waals surface area contributed by atoms with Crippen molar-refractivity contribution in [3.63, 3.8) is 0 Å². The van der Waals surface area contributed by atoms with Gasteiger partial charge in [-0.15, -0.1) is 0 Å². The maximum absolute atomic E-state index is 12.6. The van der Waals surface area contributed by atoms with Crippen LogP contribution in [0.3, 0.4) is 0 Å². The molecule has 2 heterocycles. The first-order chi connectivity index (χ1) is 10.4. The fraction of sp³-hybridized carbons (Fsp3) is 0.286. The van der Waals surface area contributed by atoms with Crippen LogP contribution in [0.1, 0.15) is 11.3 Å². The van der Waals surface area contributed by atoms with E-state index in [1.807, 2.05) is 0 Å². The number of hydrogen-bond donors (Lipinski definition) is 0. The molecule has 8 heteroatoms. The fourth-order valence-electron chi connectivity index (χ4n) is 2.39. The van der Waals surface area contributed by atoms with Gasteiger partial charge < -0.3 is 9.42 Å². The third-order valence-corrected chi connectivity index (χ3v) is 3.73. The van der Waals surface area contributed by atoms with Crippen molar-refractivity contribution >= 4 is 17.5 Å². The lowest BCUT2D eigenvalue weighted by Gasteiger charge is -2.27. The number of hydrogen-bond acceptors (Lipinski definition) is 3. The molecule has 0 fully saturated rings. The SMILES string of the molecule is O=C(N1CCc2noc(-c3ccc(Cl)cc3)c2C1)C(F)(F)F. The molecule has 0 radical (unpaired) electrons. The van der Waals surface area contributed by atoms with Gasteiger partial charge in [-0.25, -0.2) is 0 Å². The number of carbonyl (C=O) groups is 1. The van der Waals surface area contributed by atoms with Crippen molar-refractivity contribution in [1.29, 1.82) is 0 Å². The Bertz CT molecular complexity index is 710. The molecule has 0 bridgehead atoms. The van der Waals surface area contributed by atoms with Crippen LogP contribution in [-0.2, 0) is 17.8 Å². The minimum absolute atomic E-state index is 0.0298. The predicted octanol–water partition coefficient (Wildman–Crippen LogP) is 3.44. The van der Waals surface area contributed by atoms with E-state index < -0.39 is 12.1 Å². The minimum Gasteiger partial charge on any atom is -0.356 e. The average molecular weight is 331 g/mol. The number of fused-ring (bicyclic) bond motifs is 1. The summed E-state index contributed by atoms with van der Waals surface area (Å²) in [6.45, 7) is -0.201. The summed E-state index contributed by atoms with van der Waals surface area (Å²) in [6, 6.07) is 6.67. The molecule has 2 aromatic rings. The van der Waals surface area contributed by atoms with E-state index >= 15 is 0 Å². The Labute approximate surface area is 128 Å². The highest BCUT2D eigenvalue weighted by Gasteiger charge is 2.44. The molecule has 1 aliphatic heterocycles. The molecular weight excluding hydrogens is 321 g/mol. The second-order valence-corrected chi connectivity index (χ2v) is 5.35. The molecule has 0 unspecified atom stereocenters. The van der Waals surface area contributed by atoms with Crippen LogP contribution < -0.4 is 0 Å². The van der Waals surface area contributed by atoms with Gasteiger partial charge in [0.2, 0.25) is 0 Å². The van der Waals surface area contributed by atoms with Crippen molar-refractivity contribution in [2.45, 2.75) is 19.1 Å². The highest BCUT2D eigenvalue weighted by molar-refractivity contribution is 6.30. The summed E-state index contributed by atoms with van der Waals surface area (Å²) in [4.78, 5) is 12.1. The summed E-state index contributed by atoms with van der Waals surface area (Å²) in [5.74, 6) is -1.48. The first-order valence-electron chi connectivity index (χ1n) is 6.45. The Morgan fingerprint density at radius 3 is 2.59 bits per heavy atom. The number of benzene rings is 1. The maximum Gasteiger partial charge on any atom is 0.471 e. The summed E-state index contributed by atoms with van der Waals surface area (Å²) in [6.07, 6.45) is -4.65. The van der Waals surface area contributed by atoms with Gasteiger partial charge in [0.15, 0.2) is 5.76 Å². The number of halogens is 4. The van der Waals surface area contributed by atoms with Crippen LogP contribution in [0.15, 0.2) is 28.8 Å². The first kappa shape index (κ1) is 14.9. The molecule has 0 spiro atoms. The Hall–Kier alpha value is -2.02. The predicted molar refractivity (Wildman–Crippen MR) is 72.1 cm³/mol. The highest BCUT2D eigenvalue weighted by atomic mass is 35.5. The largest absolute Gasteiger partial charge is 0.471 e. The van der Waals surface area contributed by atoms with Crippen LogP contribution in [0.2, 0.25) is 5.02 Å². The quantitative estimate of drug-likeness (QED) is 0.804. The van der Waals surface area contributed by atoms with Crippen LogP contribution >= 0.6 is 11.6 Å². The lowest BCUT2D eigenvalue weighted by Crippen LogP contribution is -2.43. The van der Waals surface area contributed by atoms with E-state index in [2.05, 4.69) is 5.16 Å². The molecule has 1 aliphatic rings. The Morgan fingerprint density at radius 1 is 1.27 bits per heavy atom. The van der Waals surface area contributed by atoms with E-state index in [-0.39, 0.29) is 19.5 Å². The van der Waals surface area contributed by atoms with E-state index in [1.165, 1.54) is 0 Å². The van der Waals surface area contributed by atoms with E-state index in [9.17, 15) is 18.0 Å². The summed E-state index contributed by atoms with van der Waals surface area (Å²) < 4.78 is 42.9. The van der Waals surface area contributed by atoms with E-state index in [1.54, 1.807) is 24.3 Å². The third kappa shape index (κ3) is 2.68. The van der Waals surface area contributed by atoms with Crippen molar-refractivity contribution in [2.24, 2.45) is 0 Å². The van der Waals surface area contributed by atoms with Gasteiger partial charge in [0, 0.05) is 29.1 Å². The van der Waals surface area contributed by atoms with Crippen LogP contribution in [0.5, 0.6) is 0 Å². The Kier molecular flexibility index (Phi) is 3.60. The molecule has 0 N–H and O–H groups in total. The second kappa shape index (κ2) is 5.31. The molecule has 1 aromatic carbocycles. The lowest BCUT2D eigenvalue weighted by atomic mass is 10.0. The molecule has 3 rings (SSSR count). The number of aromatic nitrogens is 1. The molecular formula is C14H10ClF3N2O2. The van der Waals surface area contributed by atoms with Crippen LogP contribution in [0.25, 0.3) is 11.3 Å². The zero-order chi connectivity index (χ0) is 15.9.